The van der Waals surface area contributed by atoms with Gasteiger partial charge in [-0.2, -0.15) is 0 Å². The second-order valence-corrected chi connectivity index (χ2v) is 6.44. The van der Waals surface area contributed by atoms with E-state index in [-0.39, 0.29) is 18.5 Å². The van der Waals surface area contributed by atoms with E-state index in [1.54, 1.807) is 4.90 Å². The van der Waals surface area contributed by atoms with Gasteiger partial charge in [0.05, 0.1) is 6.54 Å². The highest BCUT2D eigenvalue weighted by molar-refractivity contribution is 5.80. The van der Waals surface area contributed by atoms with Crippen LogP contribution in [0.3, 0.4) is 0 Å². The average Bonchev–Trinajstić information content (AvgIpc) is 2.87. The Kier molecular flexibility index (Phi) is 5.58. The van der Waals surface area contributed by atoms with Gasteiger partial charge in [0, 0.05) is 25.2 Å². The maximum absolute atomic E-state index is 12.1. The van der Waals surface area contributed by atoms with Gasteiger partial charge >= 0.3 is 5.97 Å². The predicted molar refractivity (Wildman–Crippen MR) is 80.1 cm³/mol. The van der Waals surface area contributed by atoms with Crippen molar-refractivity contribution in [1.29, 1.82) is 0 Å². The summed E-state index contributed by atoms with van der Waals surface area (Å²) in [6.45, 7) is 7.34. The molecule has 0 aromatic heterocycles. The number of piperidine rings is 1. The van der Waals surface area contributed by atoms with Crippen molar-refractivity contribution in [2.45, 2.75) is 57.7 Å². The first kappa shape index (κ1) is 16.2. The zero-order valence-corrected chi connectivity index (χ0v) is 13.0. The molecular weight excluding hydrogens is 270 g/mol. The molecule has 2 heterocycles. The molecule has 2 aliphatic heterocycles. The van der Waals surface area contributed by atoms with E-state index >= 15 is 0 Å². The maximum atomic E-state index is 12.1. The van der Waals surface area contributed by atoms with Crippen LogP contribution in [-0.2, 0) is 9.59 Å². The molecule has 2 N–H and O–H groups in total. The molecule has 0 bridgehead atoms. The van der Waals surface area contributed by atoms with Gasteiger partial charge in [0.2, 0.25) is 5.91 Å². The maximum Gasteiger partial charge on any atom is 0.320 e. The van der Waals surface area contributed by atoms with E-state index in [1.165, 1.54) is 0 Å². The third-order valence-corrected chi connectivity index (χ3v) is 4.62. The van der Waals surface area contributed by atoms with Gasteiger partial charge < -0.3 is 15.3 Å². The number of nitrogens with one attached hydrogen (secondary N) is 1. The van der Waals surface area contributed by atoms with Gasteiger partial charge in [-0.25, -0.2) is 0 Å². The van der Waals surface area contributed by atoms with Crippen LogP contribution in [0.4, 0.5) is 0 Å². The lowest BCUT2D eigenvalue weighted by Crippen LogP contribution is -2.49. The highest BCUT2D eigenvalue weighted by atomic mass is 16.4. The Morgan fingerprint density at radius 1 is 1.19 bits per heavy atom. The number of rotatable bonds is 5. The molecule has 1 atom stereocenters. The molecule has 6 nitrogen and oxygen atoms in total. The van der Waals surface area contributed by atoms with Crippen molar-refractivity contribution >= 4 is 11.9 Å². The Bertz CT molecular complexity index is 378. The number of amides is 1. The third kappa shape index (κ3) is 4.41. The van der Waals surface area contributed by atoms with Gasteiger partial charge in [-0.05, 0) is 46.1 Å². The van der Waals surface area contributed by atoms with Crippen molar-refractivity contribution in [3.63, 3.8) is 0 Å². The topological polar surface area (TPSA) is 72.9 Å². The summed E-state index contributed by atoms with van der Waals surface area (Å²) in [5, 5.41) is 12.2. The molecule has 0 spiro atoms. The fraction of sp³-hybridized carbons (Fsp3) is 0.867. The number of carbonyl (C=O) groups excluding carboxylic acids is 1. The van der Waals surface area contributed by atoms with E-state index in [9.17, 15) is 9.59 Å². The Morgan fingerprint density at radius 2 is 1.86 bits per heavy atom. The number of nitrogens with zero attached hydrogens (tertiary/aromatic N) is 2. The summed E-state index contributed by atoms with van der Waals surface area (Å²) < 4.78 is 0. The second kappa shape index (κ2) is 7.22. The first-order valence-electron chi connectivity index (χ1n) is 7.97. The van der Waals surface area contributed by atoms with Crippen LogP contribution >= 0.6 is 0 Å². The fourth-order valence-electron chi connectivity index (χ4n) is 3.31. The molecule has 0 aliphatic carbocycles. The van der Waals surface area contributed by atoms with Gasteiger partial charge in [-0.15, -0.1) is 0 Å². The van der Waals surface area contributed by atoms with Crippen molar-refractivity contribution in [3.05, 3.63) is 0 Å². The van der Waals surface area contributed by atoms with Gasteiger partial charge in [-0.3, -0.25) is 14.5 Å². The lowest BCUT2D eigenvalue weighted by molar-refractivity contribution is -0.142. The first-order valence-corrected chi connectivity index (χ1v) is 7.97. The fourth-order valence-corrected chi connectivity index (χ4v) is 3.31. The van der Waals surface area contributed by atoms with Gasteiger partial charge in [-0.1, -0.05) is 0 Å². The van der Waals surface area contributed by atoms with Crippen LogP contribution in [0, 0.1) is 0 Å². The summed E-state index contributed by atoms with van der Waals surface area (Å²) >= 11 is 0. The van der Waals surface area contributed by atoms with E-state index in [4.69, 9.17) is 5.11 Å². The minimum absolute atomic E-state index is 0.0360. The SMILES string of the molecule is CC(C)N1CCC(NC(=O)CN2CCC[C@@H]2C(=O)O)CC1. The van der Waals surface area contributed by atoms with Crippen molar-refractivity contribution in [2.75, 3.05) is 26.2 Å². The second-order valence-electron chi connectivity index (χ2n) is 6.44. The van der Waals surface area contributed by atoms with Crippen molar-refractivity contribution < 1.29 is 14.7 Å². The molecule has 2 saturated heterocycles. The molecule has 2 fully saturated rings. The largest absolute Gasteiger partial charge is 0.480 e. The van der Waals surface area contributed by atoms with E-state index in [2.05, 4.69) is 24.1 Å². The van der Waals surface area contributed by atoms with Crippen LogP contribution in [0.2, 0.25) is 0 Å². The van der Waals surface area contributed by atoms with Crippen LogP contribution in [0.15, 0.2) is 0 Å². The van der Waals surface area contributed by atoms with Crippen molar-refractivity contribution in [1.82, 2.24) is 15.1 Å². The molecule has 2 rings (SSSR count). The van der Waals surface area contributed by atoms with Gasteiger partial charge in [0.15, 0.2) is 0 Å². The highest BCUT2D eigenvalue weighted by Crippen LogP contribution is 2.17. The normalized spacial score (nSPS) is 25.4. The number of hydrogen-bond donors (Lipinski definition) is 2. The molecule has 0 aromatic rings. The molecule has 1 amide bonds. The van der Waals surface area contributed by atoms with E-state index in [0.717, 1.165) is 32.4 Å². The summed E-state index contributed by atoms with van der Waals surface area (Å²) in [7, 11) is 0. The van der Waals surface area contributed by atoms with Crippen LogP contribution in [0.1, 0.15) is 39.5 Å². The summed E-state index contributed by atoms with van der Waals surface area (Å²) in [6, 6.07) is 0.305. The Balaban J connectivity index is 1.74. The quantitative estimate of drug-likeness (QED) is 0.774. The van der Waals surface area contributed by atoms with Crippen molar-refractivity contribution in [3.8, 4) is 0 Å². The predicted octanol–water partition coefficient (Wildman–Crippen LogP) is 0.524. The number of carbonyl (C=O) groups is 2. The Morgan fingerprint density at radius 3 is 2.43 bits per heavy atom. The van der Waals surface area contributed by atoms with Crippen LogP contribution in [0.5, 0.6) is 0 Å². The number of carboxylic acids is 1. The number of likely N-dealkylation sites (tertiary alicyclic amines) is 2. The number of aliphatic carboxylic acids is 1. The third-order valence-electron chi connectivity index (χ3n) is 4.62. The zero-order chi connectivity index (χ0) is 15.4. The molecule has 120 valence electrons. The summed E-state index contributed by atoms with van der Waals surface area (Å²) in [6.07, 6.45) is 3.46. The molecule has 6 heteroatoms. The lowest BCUT2D eigenvalue weighted by atomic mass is 10.0. The zero-order valence-electron chi connectivity index (χ0n) is 13.0. The standard InChI is InChI=1S/C15H27N3O3/c1-11(2)17-8-5-12(6-9-17)16-14(19)10-18-7-3-4-13(18)15(20)21/h11-13H,3-10H2,1-2H3,(H,16,19)(H,20,21)/t13-/m1/s1. The monoisotopic (exact) mass is 297 g/mol. The van der Waals surface area contributed by atoms with Crippen LogP contribution < -0.4 is 5.32 Å². The van der Waals surface area contributed by atoms with Gasteiger partial charge in [0.25, 0.3) is 0 Å². The first-order chi connectivity index (χ1) is 9.97. The molecule has 0 saturated carbocycles. The summed E-state index contributed by atoms with van der Waals surface area (Å²) in [4.78, 5) is 27.4. The van der Waals surface area contributed by atoms with Crippen LogP contribution in [-0.4, -0.2) is 71.1 Å². The van der Waals surface area contributed by atoms with Crippen LogP contribution in [0.25, 0.3) is 0 Å². The molecule has 0 radical (unpaired) electrons. The van der Waals surface area contributed by atoms with Gasteiger partial charge in [0.1, 0.15) is 6.04 Å². The van der Waals surface area contributed by atoms with E-state index in [1.807, 2.05) is 0 Å². The number of carboxylic acid groups (broad SMARTS) is 1. The minimum Gasteiger partial charge on any atom is -0.480 e. The van der Waals surface area contributed by atoms with E-state index < -0.39 is 12.0 Å². The Labute approximate surface area is 126 Å². The summed E-state index contributed by atoms with van der Waals surface area (Å²) in [5.74, 6) is -0.850. The smallest absolute Gasteiger partial charge is 0.320 e. The van der Waals surface area contributed by atoms with E-state index in [0.29, 0.717) is 19.0 Å². The molecule has 0 aromatic carbocycles. The summed E-state index contributed by atoms with van der Waals surface area (Å²) in [5.41, 5.74) is 0. The molecular formula is C15H27N3O3. The number of hydrogen-bond acceptors (Lipinski definition) is 4. The highest BCUT2D eigenvalue weighted by Gasteiger charge is 2.32. The average molecular weight is 297 g/mol. The molecule has 21 heavy (non-hydrogen) atoms. The Hall–Kier alpha value is -1.14. The molecule has 2 aliphatic rings. The molecule has 0 unspecified atom stereocenters. The van der Waals surface area contributed by atoms with Crippen molar-refractivity contribution in [2.24, 2.45) is 0 Å². The lowest BCUT2D eigenvalue weighted by Gasteiger charge is -2.35. The minimum atomic E-state index is -0.814.